The maximum Gasteiger partial charge on any atom is 0.263 e. The predicted molar refractivity (Wildman–Crippen MR) is 229 cm³/mol. The molecule has 0 unspecified atom stereocenters. The number of nitrogens with one attached hydrogen (secondary N) is 1. The Kier molecular flexibility index (Phi) is 11.9. The molecule has 2 fully saturated rings. The van der Waals surface area contributed by atoms with Gasteiger partial charge < -0.3 is 14.8 Å². The van der Waals surface area contributed by atoms with E-state index in [2.05, 4.69) is 106 Å². The van der Waals surface area contributed by atoms with Crippen molar-refractivity contribution in [3.05, 3.63) is 186 Å². The summed E-state index contributed by atoms with van der Waals surface area (Å²) in [7, 11) is 3.15. The standard InChI is InChI=1S/C50H53N5O3/c1-53(58-2)49(57)47(32-45-35-54(36-52-45)50(42-21-9-4-10-22-42,43-23-11-5-12-24-43)44-25-13-6-14-26-44)51-33-46-31-40-19-15-16-20-41(40)34-55(46)48(56)39-29-27-38(28-30-39)37-17-7-3-8-18-37/h3-14,17-18,21-30,35-36,40-41,46-47,51H,15-16,19-20,31-34H2,1-2H3/t40-,41-,46+,47+/m1/s1. The number of hydroxylamine groups is 2. The molecule has 5 aromatic carbocycles. The Labute approximate surface area is 342 Å². The number of benzene rings is 5. The van der Waals surface area contributed by atoms with Gasteiger partial charge in [-0.1, -0.05) is 153 Å². The highest BCUT2D eigenvalue weighted by Gasteiger charge is 2.41. The average Bonchev–Trinajstić information content (AvgIpc) is 3.77. The Bertz CT molecular complexity index is 2150. The number of nitrogens with zero attached hydrogens (tertiary/aromatic N) is 4. The summed E-state index contributed by atoms with van der Waals surface area (Å²) in [6.45, 7) is 1.21. The zero-order valence-electron chi connectivity index (χ0n) is 33.5. The second kappa shape index (κ2) is 17.8. The third-order valence-corrected chi connectivity index (χ3v) is 12.5. The van der Waals surface area contributed by atoms with Crippen LogP contribution >= 0.6 is 0 Å². The van der Waals surface area contributed by atoms with Crippen molar-refractivity contribution in [1.82, 2.24) is 24.8 Å². The Morgan fingerprint density at radius 3 is 1.86 bits per heavy atom. The molecule has 8 rings (SSSR count). The molecule has 1 aliphatic carbocycles. The fourth-order valence-electron chi connectivity index (χ4n) is 9.44. The number of hydrogen-bond acceptors (Lipinski definition) is 5. The monoisotopic (exact) mass is 771 g/mol. The average molecular weight is 772 g/mol. The lowest BCUT2D eigenvalue weighted by molar-refractivity contribution is -0.171. The fourth-order valence-corrected chi connectivity index (χ4v) is 9.44. The Morgan fingerprint density at radius 1 is 0.759 bits per heavy atom. The number of imidazole rings is 1. The van der Waals surface area contributed by atoms with Gasteiger partial charge in [0.25, 0.3) is 11.8 Å². The van der Waals surface area contributed by atoms with Gasteiger partial charge in [0.1, 0.15) is 5.54 Å². The minimum absolute atomic E-state index is 0.0464. The largest absolute Gasteiger partial charge is 0.334 e. The highest BCUT2D eigenvalue weighted by Crippen LogP contribution is 2.41. The first-order valence-electron chi connectivity index (χ1n) is 20.7. The molecule has 0 spiro atoms. The maximum atomic E-state index is 14.4. The summed E-state index contributed by atoms with van der Waals surface area (Å²) in [4.78, 5) is 40.9. The van der Waals surface area contributed by atoms with Gasteiger partial charge in [-0.3, -0.25) is 14.4 Å². The van der Waals surface area contributed by atoms with Gasteiger partial charge in [-0.05, 0) is 64.6 Å². The summed E-state index contributed by atoms with van der Waals surface area (Å²) < 4.78 is 2.18. The molecule has 8 nitrogen and oxygen atoms in total. The molecule has 2 heterocycles. The van der Waals surface area contributed by atoms with Crippen LogP contribution in [-0.2, 0) is 21.6 Å². The van der Waals surface area contributed by atoms with Crippen molar-refractivity contribution in [1.29, 1.82) is 0 Å². The molecular formula is C50H53N5O3. The van der Waals surface area contributed by atoms with Gasteiger partial charge in [0.05, 0.1) is 25.2 Å². The van der Waals surface area contributed by atoms with Crippen LogP contribution in [0.25, 0.3) is 11.1 Å². The smallest absolute Gasteiger partial charge is 0.263 e. The van der Waals surface area contributed by atoms with E-state index in [-0.39, 0.29) is 17.9 Å². The molecule has 4 atom stereocenters. The molecule has 2 amide bonds. The molecule has 58 heavy (non-hydrogen) atoms. The van der Waals surface area contributed by atoms with Crippen LogP contribution in [0.2, 0.25) is 0 Å². The SMILES string of the molecule is CON(C)C(=O)[C@H](Cc1cn(C(c2ccccc2)(c2ccccc2)c2ccccc2)cn1)NC[C@@H]1C[C@H]2CCCC[C@@H]2CN1C(=O)c1ccc(-c2ccccc2)cc1. The van der Waals surface area contributed by atoms with Crippen LogP contribution in [0.3, 0.4) is 0 Å². The summed E-state index contributed by atoms with van der Waals surface area (Å²) in [5, 5.41) is 4.93. The van der Waals surface area contributed by atoms with Gasteiger partial charge in [0, 0.05) is 44.4 Å². The van der Waals surface area contributed by atoms with Crippen LogP contribution in [0.15, 0.2) is 158 Å². The second-order valence-corrected chi connectivity index (χ2v) is 15.9. The molecule has 8 heteroatoms. The minimum Gasteiger partial charge on any atom is -0.334 e. The van der Waals surface area contributed by atoms with Crippen LogP contribution in [0.4, 0.5) is 0 Å². The van der Waals surface area contributed by atoms with E-state index in [1.165, 1.54) is 31.4 Å². The molecule has 1 saturated carbocycles. The summed E-state index contributed by atoms with van der Waals surface area (Å²) in [6, 6.07) is 49.0. The van der Waals surface area contributed by atoms with Crippen LogP contribution in [0, 0.1) is 11.8 Å². The topological polar surface area (TPSA) is 79.7 Å². The summed E-state index contributed by atoms with van der Waals surface area (Å²) in [5.41, 5.74) is 6.24. The third-order valence-electron chi connectivity index (χ3n) is 12.5. The maximum absolute atomic E-state index is 14.4. The first kappa shape index (κ1) is 39.0. The number of piperidine rings is 1. The van der Waals surface area contributed by atoms with Crippen LogP contribution in [0.1, 0.15) is 64.8 Å². The number of hydrogen-bond donors (Lipinski definition) is 1. The number of likely N-dealkylation sites (tertiary alicyclic amines) is 1. The van der Waals surface area contributed by atoms with Crippen LogP contribution < -0.4 is 5.32 Å². The quantitative estimate of drug-likeness (QED) is 0.0940. The lowest BCUT2D eigenvalue weighted by atomic mass is 9.72. The number of carbonyl (C=O) groups is 2. The van der Waals surface area contributed by atoms with E-state index in [0.717, 1.165) is 52.9 Å². The lowest BCUT2D eigenvalue weighted by Gasteiger charge is -2.46. The fraction of sp³-hybridized carbons (Fsp3) is 0.300. The van der Waals surface area contributed by atoms with E-state index in [0.29, 0.717) is 30.4 Å². The highest BCUT2D eigenvalue weighted by atomic mass is 16.7. The van der Waals surface area contributed by atoms with Crippen molar-refractivity contribution in [3.8, 4) is 11.1 Å². The van der Waals surface area contributed by atoms with Crippen LogP contribution in [-0.4, -0.2) is 70.7 Å². The number of rotatable bonds is 13. The van der Waals surface area contributed by atoms with Crippen molar-refractivity contribution >= 4 is 11.8 Å². The van der Waals surface area contributed by atoms with Crippen molar-refractivity contribution in [2.75, 3.05) is 27.2 Å². The lowest BCUT2D eigenvalue weighted by Crippen LogP contribution is -2.56. The van der Waals surface area contributed by atoms with Gasteiger partial charge in [-0.15, -0.1) is 0 Å². The second-order valence-electron chi connectivity index (χ2n) is 15.9. The molecule has 6 aromatic rings. The van der Waals surface area contributed by atoms with Gasteiger partial charge in [-0.2, -0.15) is 0 Å². The summed E-state index contributed by atoms with van der Waals surface area (Å²) >= 11 is 0. The number of carbonyl (C=O) groups excluding carboxylic acids is 2. The van der Waals surface area contributed by atoms with Crippen molar-refractivity contribution in [3.63, 3.8) is 0 Å². The molecule has 1 aliphatic heterocycles. The summed E-state index contributed by atoms with van der Waals surface area (Å²) in [5.74, 6) is 0.916. The Hall–Kier alpha value is -5.83. The van der Waals surface area contributed by atoms with E-state index in [4.69, 9.17) is 9.82 Å². The first-order valence-corrected chi connectivity index (χ1v) is 20.7. The number of amides is 2. The van der Waals surface area contributed by atoms with Gasteiger partial charge in [0.2, 0.25) is 0 Å². The van der Waals surface area contributed by atoms with Gasteiger partial charge in [-0.25, -0.2) is 10.0 Å². The summed E-state index contributed by atoms with van der Waals surface area (Å²) in [6.07, 6.45) is 9.99. The van der Waals surface area contributed by atoms with Gasteiger partial charge >= 0.3 is 0 Å². The molecule has 296 valence electrons. The zero-order valence-corrected chi connectivity index (χ0v) is 33.5. The molecule has 1 N–H and O–H groups in total. The van der Waals surface area contributed by atoms with Crippen LogP contribution in [0.5, 0.6) is 0 Å². The third kappa shape index (κ3) is 8.00. The minimum atomic E-state index is -0.718. The Balaban J connectivity index is 1.08. The Morgan fingerprint density at radius 2 is 1.29 bits per heavy atom. The van der Waals surface area contributed by atoms with E-state index >= 15 is 0 Å². The molecule has 1 saturated heterocycles. The van der Waals surface area contributed by atoms with E-state index in [9.17, 15) is 9.59 Å². The van der Waals surface area contributed by atoms with Gasteiger partial charge in [0.15, 0.2) is 0 Å². The molecule has 1 aromatic heterocycles. The van der Waals surface area contributed by atoms with E-state index < -0.39 is 11.6 Å². The number of likely N-dealkylation sites (N-methyl/N-ethyl adjacent to an activating group) is 1. The first-order chi connectivity index (χ1) is 28.4. The molecule has 0 radical (unpaired) electrons. The van der Waals surface area contributed by atoms with E-state index in [1.54, 1.807) is 7.05 Å². The number of fused-ring (bicyclic) bond motifs is 1. The zero-order chi connectivity index (χ0) is 39.9. The normalized spacial score (nSPS) is 18.6. The molecule has 2 aliphatic rings. The van der Waals surface area contributed by atoms with Crippen molar-refractivity contribution < 1.29 is 14.4 Å². The van der Waals surface area contributed by atoms with Crippen molar-refractivity contribution in [2.45, 2.75) is 56.1 Å². The van der Waals surface area contributed by atoms with Crippen molar-refractivity contribution in [2.24, 2.45) is 11.8 Å². The molecule has 0 bridgehead atoms. The molecular weight excluding hydrogens is 719 g/mol. The highest BCUT2D eigenvalue weighted by molar-refractivity contribution is 5.95. The number of aromatic nitrogens is 2. The predicted octanol–water partition coefficient (Wildman–Crippen LogP) is 8.63. The van der Waals surface area contributed by atoms with E-state index in [1.807, 2.05) is 67.0 Å².